The molecule has 3 aromatic rings. The van der Waals surface area contributed by atoms with Gasteiger partial charge in [0.25, 0.3) is 15.9 Å². The summed E-state index contributed by atoms with van der Waals surface area (Å²) in [6.45, 7) is 0. The fourth-order valence-corrected chi connectivity index (χ4v) is 4.10. The predicted molar refractivity (Wildman–Crippen MR) is 102 cm³/mol. The number of benzene rings is 2. The highest BCUT2D eigenvalue weighted by Crippen LogP contribution is 2.37. The average Bonchev–Trinajstić information content (AvgIpc) is 3.11. The van der Waals surface area contributed by atoms with E-state index in [1.807, 2.05) is 0 Å². The molecule has 170 valence electrons. The second kappa shape index (κ2) is 8.46. The van der Waals surface area contributed by atoms with E-state index in [-0.39, 0.29) is 25.8 Å². The summed E-state index contributed by atoms with van der Waals surface area (Å²) in [6.07, 6.45) is -5.29. The van der Waals surface area contributed by atoms with Gasteiger partial charge in [0.15, 0.2) is 11.4 Å². The van der Waals surface area contributed by atoms with Gasteiger partial charge in [-0.05, 0) is 30.3 Å². The SMILES string of the molecule is O=C(NS(=O)(=O)c1cc(F)ccc1F)c1nnn(-c2cc(Cl)c(Cl)cc2Cl)c1C(F)(F)F. The quantitative estimate of drug-likeness (QED) is 0.388. The third kappa shape index (κ3) is 4.65. The largest absolute Gasteiger partial charge is 0.435 e. The molecule has 7 nitrogen and oxygen atoms in total. The van der Waals surface area contributed by atoms with Crippen LogP contribution in [0.15, 0.2) is 35.2 Å². The summed E-state index contributed by atoms with van der Waals surface area (Å²) in [5.41, 5.74) is -3.77. The number of rotatable bonds is 4. The lowest BCUT2D eigenvalue weighted by molar-refractivity contribution is -0.143. The van der Waals surface area contributed by atoms with Gasteiger partial charge in [-0.25, -0.2) is 26.6 Å². The van der Waals surface area contributed by atoms with Crippen LogP contribution >= 0.6 is 34.8 Å². The summed E-state index contributed by atoms with van der Waals surface area (Å²) < 4.78 is 94.0. The van der Waals surface area contributed by atoms with Gasteiger partial charge >= 0.3 is 6.18 Å². The van der Waals surface area contributed by atoms with Crippen molar-refractivity contribution in [1.82, 2.24) is 19.7 Å². The molecule has 1 aromatic heterocycles. The van der Waals surface area contributed by atoms with Crippen LogP contribution in [-0.2, 0) is 16.2 Å². The van der Waals surface area contributed by atoms with Gasteiger partial charge in [0.1, 0.15) is 16.5 Å². The Bertz CT molecular complexity index is 1350. The van der Waals surface area contributed by atoms with Gasteiger partial charge in [-0.3, -0.25) is 4.79 Å². The summed E-state index contributed by atoms with van der Waals surface area (Å²) >= 11 is 17.4. The smallest absolute Gasteiger partial charge is 0.266 e. The Balaban J connectivity index is 2.10. The fraction of sp³-hybridized carbons (Fsp3) is 0.0625. The molecule has 1 amide bonds. The lowest BCUT2D eigenvalue weighted by Gasteiger charge is -2.13. The van der Waals surface area contributed by atoms with E-state index in [1.165, 1.54) is 4.72 Å². The Kier molecular flexibility index (Phi) is 6.39. The number of nitrogens with one attached hydrogen (secondary N) is 1. The number of nitrogens with zero attached hydrogens (tertiary/aromatic N) is 3. The number of halogens is 8. The van der Waals surface area contributed by atoms with Crippen molar-refractivity contribution in [3.05, 3.63) is 68.4 Å². The van der Waals surface area contributed by atoms with Crippen LogP contribution in [-0.4, -0.2) is 29.3 Å². The zero-order valence-electron chi connectivity index (χ0n) is 14.9. The van der Waals surface area contributed by atoms with E-state index < -0.39 is 55.7 Å². The summed E-state index contributed by atoms with van der Waals surface area (Å²) in [5, 5.41) is 5.65. The molecule has 0 spiro atoms. The number of aromatic nitrogens is 3. The van der Waals surface area contributed by atoms with Crippen molar-refractivity contribution in [1.29, 1.82) is 0 Å². The van der Waals surface area contributed by atoms with Crippen molar-refractivity contribution in [2.24, 2.45) is 0 Å². The normalized spacial score (nSPS) is 12.1. The number of hydrogen-bond donors (Lipinski definition) is 1. The van der Waals surface area contributed by atoms with Crippen molar-refractivity contribution in [2.75, 3.05) is 0 Å². The number of alkyl halides is 3. The molecule has 0 radical (unpaired) electrons. The first-order chi connectivity index (χ1) is 14.7. The second-order valence-electron chi connectivity index (χ2n) is 5.92. The number of carbonyl (C=O) groups is 1. The molecule has 0 aliphatic heterocycles. The molecule has 0 saturated carbocycles. The minimum absolute atomic E-state index is 0.0877. The van der Waals surface area contributed by atoms with Crippen LogP contribution in [0.5, 0.6) is 0 Å². The highest BCUT2D eigenvalue weighted by molar-refractivity contribution is 7.90. The molecular weight excluding hydrogens is 530 g/mol. The third-order valence-corrected chi connectivity index (χ3v) is 6.15. The van der Waals surface area contributed by atoms with Gasteiger partial charge < -0.3 is 0 Å². The molecule has 16 heteroatoms. The van der Waals surface area contributed by atoms with Crippen LogP contribution in [0, 0.1) is 11.6 Å². The molecule has 0 aliphatic rings. The van der Waals surface area contributed by atoms with Gasteiger partial charge in [0, 0.05) is 0 Å². The summed E-state index contributed by atoms with van der Waals surface area (Å²) in [6, 6.07) is 3.22. The number of sulfonamides is 1. The molecular formula is C16H6Cl3F5N4O3S. The Morgan fingerprint density at radius 1 is 1.00 bits per heavy atom. The molecule has 0 atom stereocenters. The number of hydrogen-bond acceptors (Lipinski definition) is 5. The molecule has 0 saturated heterocycles. The van der Waals surface area contributed by atoms with Gasteiger partial charge in [0.05, 0.1) is 20.8 Å². The topological polar surface area (TPSA) is 93.9 Å². The first kappa shape index (κ1) is 24.2. The molecule has 32 heavy (non-hydrogen) atoms. The van der Waals surface area contributed by atoms with Crippen molar-refractivity contribution in [3.63, 3.8) is 0 Å². The highest BCUT2D eigenvalue weighted by atomic mass is 35.5. The third-order valence-electron chi connectivity index (χ3n) is 3.78. The minimum atomic E-state index is -5.29. The lowest BCUT2D eigenvalue weighted by atomic mass is 10.2. The highest BCUT2D eigenvalue weighted by Gasteiger charge is 2.43. The average molecular weight is 536 g/mol. The fourth-order valence-electron chi connectivity index (χ4n) is 2.44. The lowest BCUT2D eigenvalue weighted by Crippen LogP contribution is -2.33. The molecule has 2 aromatic carbocycles. The predicted octanol–water partition coefficient (Wildman–Crippen LogP) is 4.64. The van der Waals surface area contributed by atoms with Gasteiger partial charge in [0.2, 0.25) is 0 Å². The molecule has 1 heterocycles. The summed E-state index contributed by atoms with van der Waals surface area (Å²) in [7, 11) is -5.12. The van der Waals surface area contributed by atoms with Gasteiger partial charge in [-0.2, -0.15) is 13.2 Å². The molecule has 0 unspecified atom stereocenters. The molecule has 3 rings (SSSR count). The summed E-state index contributed by atoms with van der Waals surface area (Å²) in [5.74, 6) is -4.53. The standard InChI is InChI=1S/C16H6Cl3F5N4O3S/c17-7-4-9(19)11(5-8(7)18)28-14(16(22,23)24)13(25-27-28)15(29)26-32(30,31)12-3-6(20)1-2-10(12)21/h1-5H,(H,26,29). The van der Waals surface area contributed by atoms with E-state index in [1.54, 1.807) is 0 Å². The number of amides is 1. The van der Waals surface area contributed by atoms with Crippen LogP contribution < -0.4 is 4.72 Å². The van der Waals surface area contributed by atoms with Crippen LogP contribution in [0.4, 0.5) is 22.0 Å². The van der Waals surface area contributed by atoms with E-state index in [0.717, 1.165) is 12.1 Å². The Labute approximate surface area is 190 Å². The zero-order valence-corrected chi connectivity index (χ0v) is 18.0. The van der Waals surface area contributed by atoms with Crippen LogP contribution in [0.3, 0.4) is 0 Å². The number of carbonyl (C=O) groups excluding carboxylic acids is 1. The van der Waals surface area contributed by atoms with Crippen LogP contribution in [0.1, 0.15) is 16.2 Å². The Morgan fingerprint density at radius 3 is 2.25 bits per heavy atom. The van der Waals surface area contributed by atoms with Crippen molar-refractivity contribution in [2.45, 2.75) is 11.1 Å². The molecule has 0 bridgehead atoms. The van der Waals surface area contributed by atoms with E-state index in [4.69, 9.17) is 34.8 Å². The molecule has 0 fully saturated rings. The van der Waals surface area contributed by atoms with Crippen LogP contribution in [0.2, 0.25) is 15.1 Å². The Hall–Kier alpha value is -2.48. The van der Waals surface area contributed by atoms with Crippen molar-refractivity contribution < 1.29 is 35.2 Å². The maximum atomic E-state index is 13.8. The Morgan fingerprint density at radius 2 is 1.62 bits per heavy atom. The summed E-state index contributed by atoms with van der Waals surface area (Å²) in [4.78, 5) is 11.0. The maximum Gasteiger partial charge on any atom is 0.435 e. The van der Waals surface area contributed by atoms with E-state index >= 15 is 0 Å². The second-order valence-corrected chi connectivity index (χ2v) is 8.80. The van der Waals surface area contributed by atoms with E-state index in [0.29, 0.717) is 12.1 Å². The van der Waals surface area contributed by atoms with Crippen molar-refractivity contribution >= 4 is 50.7 Å². The first-order valence-electron chi connectivity index (χ1n) is 7.92. The van der Waals surface area contributed by atoms with Gasteiger partial charge in [-0.15, -0.1) is 5.10 Å². The van der Waals surface area contributed by atoms with Crippen molar-refractivity contribution in [3.8, 4) is 5.69 Å². The van der Waals surface area contributed by atoms with Gasteiger partial charge in [-0.1, -0.05) is 40.0 Å². The van der Waals surface area contributed by atoms with Crippen LogP contribution in [0.25, 0.3) is 5.69 Å². The van der Waals surface area contributed by atoms with E-state index in [2.05, 4.69) is 10.3 Å². The monoisotopic (exact) mass is 534 g/mol. The van der Waals surface area contributed by atoms with E-state index in [9.17, 15) is 35.2 Å². The maximum absolute atomic E-state index is 13.8. The minimum Gasteiger partial charge on any atom is -0.266 e. The first-order valence-corrected chi connectivity index (χ1v) is 10.5. The molecule has 0 aliphatic carbocycles. The molecule has 1 N–H and O–H groups in total. The zero-order chi connectivity index (χ0) is 24.0.